The lowest BCUT2D eigenvalue weighted by atomic mass is 9.82. The van der Waals surface area contributed by atoms with E-state index >= 15 is 0 Å². The summed E-state index contributed by atoms with van der Waals surface area (Å²) in [6.07, 6.45) is 3.94. The summed E-state index contributed by atoms with van der Waals surface area (Å²) in [5.74, 6) is 0.792. The number of nitrogens with one attached hydrogen (secondary N) is 1. The molecule has 0 spiro atoms. The van der Waals surface area contributed by atoms with E-state index in [1.807, 2.05) is 7.11 Å². The molecule has 3 nitrogen and oxygen atoms in total. The van der Waals surface area contributed by atoms with E-state index in [4.69, 9.17) is 4.74 Å². The van der Waals surface area contributed by atoms with Crippen molar-refractivity contribution in [3.05, 3.63) is 0 Å². The summed E-state index contributed by atoms with van der Waals surface area (Å²) in [5, 5.41) is 3.71. The van der Waals surface area contributed by atoms with E-state index in [-0.39, 0.29) is 0 Å². The molecule has 2 heterocycles. The van der Waals surface area contributed by atoms with Gasteiger partial charge in [0.05, 0.1) is 6.61 Å². The summed E-state index contributed by atoms with van der Waals surface area (Å²) in [6, 6.07) is 0. The first kappa shape index (κ1) is 11.4. The van der Waals surface area contributed by atoms with E-state index in [2.05, 4.69) is 17.1 Å². The minimum atomic E-state index is 0.290. The molecule has 2 atom stereocenters. The fourth-order valence-electron chi connectivity index (χ4n) is 3.25. The number of methoxy groups -OCH3 is 1. The van der Waals surface area contributed by atoms with Crippen molar-refractivity contribution in [2.75, 3.05) is 39.9 Å². The number of hydrogen-bond acceptors (Lipinski definition) is 3. The summed E-state index contributed by atoms with van der Waals surface area (Å²) in [6.45, 7) is 8.04. The molecule has 2 aliphatic rings. The van der Waals surface area contributed by atoms with Crippen LogP contribution in [0.2, 0.25) is 0 Å². The van der Waals surface area contributed by atoms with Gasteiger partial charge in [-0.3, -0.25) is 0 Å². The third-order valence-electron chi connectivity index (χ3n) is 4.18. The summed E-state index contributed by atoms with van der Waals surface area (Å²) in [7, 11) is 1.83. The zero-order valence-electron chi connectivity index (χ0n) is 10.1. The molecular formula is C12H24N2O. The van der Waals surface area contributed by atoms with E-state index in [1.54, 1.807) is 0 Å². The van der Waals surface area contributed by atoms with Gasteiger partial charge in [0.15, 0.2) is 0 Å². The normalized spacial score (nSPS) is 37.6. The van der Waals surface area contributed by atoms with Gasteiger partial charge in [0.25, 0.3) is 0 Å². The lowest BCUT2D eigenvalue weighted by molar-refractivity contribution is 0.0823. The topological polar surface area (TPSA) is 24.5 Å². The van der Waals surface area contributed by atoms with Gasteiger partial charge in [-0.1, -0.05) is 6.92 Å². The zero-order valence-corrected chi connectivity index (χ0v) is 10.1. The molecular weight excluding hydrogens is 188 g/mol. The van der Waals surface area contributed by atoms with Crippen LogP contribution in [0.1, 0.15) is 26.2 Å². The summed E-state index contributed by atoms with van der Waals surface area (Å²) >= 11 is 0. The van der Waals surface area contributed by atoms with Crippen LogP contribution >= 0.6 is 0 Å². The van der Waals surface area contributed by atoms with Gasteiger partial charge >= 0.3 is 0 Å². The summed E-state index contributed by atoms with van der Waals surface area (Å²) in [4.78, 5) is 2.56. The molecule has 2 aliphatic heterocycles. The van der Waals surface area contributed by atoms with E-state index in [1.165, 1.54) is 45.4 Å². The monoisotopic (exact) mass is 212 g/mol. The summed E-state index contributed by atoms with van der Waals surface area (Å²) in [5.41, 5.74) is 0.290. The Morgan fingerprint density at radius 1 is 1.53 bits per heavy atom. The first-order chi connectivity index (χ1) is 7.30. The fourth-order valence-corrected chi connectivity index (χ4v) is 3.25. The predicted molar refractivity (Wildman–Crippen MR) is 62.1 cm³/mol. The Bertz CT molecular complexity index is 202. The predicted octanol–water partition coefficient (Wildman–Crippen LogP) is 1.10. The molecule has 2 fully saturated rings. The van der Waals surface area contributed by atoms with E-state index in [0.29, 0.717) is 5.54 Å². The third kappa shape index (κ3) is 2.19. The lowest BCUT2D eigenvalue weighted by Gasteiger charge is -2.35. The van der Waals surface area contributed by atoms with Crippen molar-refractivity contribution in [2.24, 2.45) is 5.92 Å². The van der Waals surface area contributed by atoms with Crippen LogP contribution in [0.4, 0.5) is 0 Å². The number of ether oxygens (including phenoxy) is 1. The second-order valence-corrected chi connectivity index (χ2v) is 5.00. The maximum Gasteiger partial charge on any atom is 0.0647 e. The molecule has 0 aromatic heterocycles. The van der Waals surface area contributed by atoms with Crippen molar-refractivity contribution >= 4 is 0 Å². The van der Waals surface area contributed by atoms with Crippen molar-refractivity contribution in [1.82, 2.24) is 10.2 Å². The highest BCUT2D eigenvalue weighted by atomic mass is 16.5. The molecule has 0 aromatic rings. The molecule has 0 amide bonds. The average molecular weight is 212 g/mol. The van der Waals surface area contributed by atoms with Crippen LogP contribution in [0, 0.1) is 5.92 Å². The molecule has 88 valence electrons. The molecule has 0 bridgehead atoms. The number of nitrogens with zero attached hydrogens (tertiary/aromatic N) is 1. The lowest BCUT2D eigenvalue weighted by Crippen LogP contribution is -2.51. The molecule has 1 N–H and O–H groups in total. The molecule has 15 heavy (non-hydrogen) atoms. The van der Waals surface area contributed by atoms with Crippen LogP contribution in [0.5, 0.6) is 0 Å². The first-order valence-corrected chi connectivity index (χ1v) is 6.27. The van der Waals surface area contributed by atoms with Crippen molar-refractivity contribution in [3.63, 3.8) is 0 Å². The second kappa shape index (κ2) is 4.81. The number of hydrogen-bond donors (Lipinski definition) is 1. The highest BCUT2D eigenvalue weighted by molar-refractivity contribution is 5.01. The van der Waals surface area contributed by atoms with Gasteiger partial charge in [0, 0.05) is 19.2 Å². The Morgan fingerprint density at radius 2 is 2.40 bits per heavy atom. The van der Waals surface area contributed by atoms with Gasteiger partial charge in [0.1, 0.15) is 0 Å². The van der Waals surface area contributed by atoms with E-state index in [9.17, 15) is 0 Å². The Morgan fingerprint density at radius 3 is 2.93 bits per heavy atom. The van der Waals surface area contributed by atoms with Crippen LogP contribution in [-0.2, 0) is 4.74 Å². The highest BCUT2D eigenvalue weighted by Gasteiger charge is 2.43. The molecule has 0 radical (unpaired) electrons. The van der Waals surface area contributed by atoms with Crippen LogP contribution in [0.3, 0.4) is 0 Å². The van der Waals surface area contributed by atoms with Crippen LogP contribution in [0.25, 0.3) is 0 Å². The minimum absolute atomic E-state index is 0.290. The first-order valence-electron chi connectivity index (χ1n) is 6.27. The standard InChI is InChI=1S/C12H24N2O/c1-3-14-8-5-11(9-14)12(10-15-2)6-4-7-13-12/h11,13H,3-10H2,1-2H3. The van der Waals surface area contributed by atoms with Gasteiger partial charge in [-0.05, 0) is 44.8 Å². The highest BCUT2D eigenvalue weighted by Crippen LogP contribution is 2.34. The molecule has 2 rings (SSSR count). The number of likely N-dealkylation sites (tertiary alicyclic amines) is 1. The van der Waals surface area contributed by atoms with Gasteiger partial charge in [0.2, 0.25) is 0 Å². The largest absolute Gasteiger partial charge is 0.383 e. The molecule has 0 saturated carbocycles. The van der Waals surface area contributed by atoms with Gasteiger partial charge in [-0.25, -0.2) is 0 Å². The maximum atomic E-state index is 5.43. The van der Waals surface area contributed by atoms with Gasteiger partial charge in [-0.15, -0.1) is 0 Å². The van der Waals surface area contributed by atoms with Crippen molar-refractivity contribution in [2.45, 2.75) is 31.7 Å². The SMILES string of the molecule is CCN1CCC(C2(COC)CCCN2)C1. The van der Waals surface area contributed by atoms with Gasteiger partial charge < -0.3 is 15.0 Å². The third-order valence-corrected chi connectivity index (χ3v) is 4.18. The average Bonchev–Trinajstić information content (AvgIpc) is 2.85. The number of rotatable bonds is 4. The minimum Gasteiger partial charge on any atom is -0.383 e. The smallest absolute Gasteiger partial charge is 0.0647 e. The molecule has 2 unspecified atom stereocenters. The van der Waals surface area contributed by atoms with Crippen molar-refractivity contribution < 1.29 is 4.74 Å². The Labute approximate surface area is 93.2 Å². The Kier molecular flexibility index (Phi) is 3.65. The fraction of sp³-hybridized carbons (Fsp3) is 1.00. The Balaban J connectivity index is 1.99. The van der Waals surface area contributed by atoms with Crippen LogP contribution < -0.4 is 5.32 Å². The van der Waals surface area contributed by atoms with Crippen LogP contribution in [-0.4, -0.2) is 50.3 Å². The van der Waals surface area contributed by atoms with Gasteiger partial charge in [-0.2, -0.15) is 0 Å². The molecule has 2 saturated heterocycles. The zero-order chi connectivity index (χ0) is 10.7. The summed E-state index contributed by atoms with van der Waals surface area (Å²) < 4.78 is 5.43. The second-order valence-electron chi connectivity index (χ2n) is 5.00. The Hall–Kier alpha value is -0.120. The maximum absolute atomic E-state index is 5.43. The molecule has 0 aromatic carbocycles. The van der Waals surface area contributed by atoms with Crippen LogP contribution in [0.15, 0.2) is 0 Å². The van der Waals surface area contributed by atoms with E-state index < -0.39 is 0 Å². The van der Waals surface area contributed by atoms with Crippen molar-refractivity contribution in [1.29, 1.82) is 0 Å². The van der Waals surface area contributed by atoms with E-state index in [0.717, 1.165) is 12.5 Å². The molecule has 0 aliphatic carbocycles. The quantitative estimate of drug-likeness (QED) is 0.755. The van der Waals surface area contributed by atoms with Crippen molar-refractivity contribution in [3.8, 4) is 0 Å². The molecule has 3 heteroatoms.